The summed E-state index contributed by atoms with van der Waals surface area (Å²) in [5.41, 5.74) is 1.31. The van der Waals surface area contributed by atoms with Crippen LogP contribution in [0.5, 0.6) is 0 Å². The Morgan fingerprint density at radius 1 is 1.25 bits per heavy atom. The van der Waals surface area contributed by atoms with Crippen LogP contribution in [0.25, 0.3) is 0 Å². The number of hydrogen-bond donors (Lipinski definition) is 1. The summed E-state index contributed by atoms with van der Waals surface area (Å²) in [6.07, 6.45) is 1.14. The van der Waals surface area contributed by atoms with Crippen molar-refractivity contribution in [3.8, 4) is 0 Å². The number of benzene rings is 1. The van der Waals surface area contributed by atoms with Crippen molar-refractivity contribution in [3.63, 3.8) is 0 Å². The van der Waals surface area contributed by atoms with Gasteiger partial charge in [0, 0.05) is 0 Å². The zero-order valence-electron chi connectivity index (χ0n) is 7.53. The van der Waals surface area contributed by atoms with Crippen LogP contribution in [0.3, 0.4) is 0 Å². The molecule has 0 amide bonds. The predicted molar refractivity (Wildman–Crippen MR) is 54.6 cm³/mol. The molecule has 2 heteroatoms. The van der Waals surface area contributed by atoms with Crippen LogP contribution in [0, 0.1) is 0 Å². The molecule has 66 valence electrons. The van der Waals surface area contributed by atoms with Crippen LogP contribution >= 0.6 is 0 Å². The summed E-state index contributed by atoms with van der Waals surface area (Å²) in [5.74, 6) is 0. The van der Waals surface area contributed by atoms with Crippen molar-refractivity contribution >= 4 is 20.2 Å². The van der Waals surface area contributed by atoms with Crippen LogP contribution < -0.4 is 0 Å². The molecule has 0 fully saturated rings. The van der Waals surface area contributed by atoms with Crippen LogP contribution in [-0.4, -0.2) is 23.6 Å². The first-order chi connectivity index (χ1) is 5.83. The fourth-order valence-electron chi connectivity index (χ4n) is 1.32. The van der Waals surface area contributed by atoms with Gasteiger partial charge in [-0.25, -0.2) is 0 Å². The number of rotatable bonds is 4. The Hall–Kier alpha value is -0.0213. The van der Waals surface area contributed by atoms with E-state index in [0.29, 0.717) is 0 Å². The summed E-state index contributed by atoms with van der Waals surface area (Å²) in [4.78, 5) is 0. The molecular weight excluding hydrogens is 255 g/mol. The van der Waals surface area contributed by atoms with Crippen molar-refractivity contribution in [2.24, 2.45) is 0 Å². The summed E-state index contributed by atoms with van der Waals surface area (Å²) in [6.45, 7) is 2.14. The van der Waals surface area contributed by atoms with E-state index in [1.54, 1.807) is 0 Å². The van der Waals surface area contributed by atoms with E-state index in [-0.39, 0.29) is 0 Å². The third-order valence-electron chi connectivity index (χ3n) is 1.94. The first-order valence-corrected chi connectivity index (χ1v) is 10.7. The van der Waals surface area contributed by atoms with E-state index in [1.807, 2.05) is 18.2 Å². The van der Waals surface area contributed by atoms with E-state index in [4.69, 9.17) is 0 Å². The van der Waals surface area contributed by atoms with Crippen molar-refractivity contribution in [3.05, 3.63) is 35.9 Å². The van der Waals surface area contributed by atoms with Crippen molar-refractivity contribution in [2.75, 3.05) is 0 Å². The summed E-state index contributed by atoms with van der Waals surface area (Å²) in [6, 6.07) is 10.3. The van der Waals surface area contributed by atoms with E-state index in [0.717, 1.165) is 15.3 Å². The molecule has 0 bridgehead atoms. The van der Waals surface area contributed by atoms with Crippen LogP contribution in [0.4, 0.5) is 0 Å². The van der Waals surface area contributed by atoms with Gasteiger partial charge in [0.25, 0.3) is 0 Å². The minimum absolute atomic E-state index is 0.996. The Labute approximate surface area is 81.7 Å². The van der Waals surface area contributed by atoms with Crippen LogP contribution in [-0.2, 0) is 4.44 Å². The molecule has 12 heavy (non-hydrogen) atoms. The molecule has 1 aromatic rings. The molecule has 1 unspecified atom stereocenters. The first kappa shape index (κ1) is 10.1. The minimum atomic E-state index is -2.07. The van der Waals surface area contributed by atoms with E-state index in [1.165, 1.54) is 5.56 Å². The van der Waals surface area contributed by atoms with Gasteiger partial charge in [-0.2, -0.15) is 0 Å². The molecular formula is C10H16OSn. The molecule has 0 spiro atoms. The van der Waals surface area contributed by atoms with E-state index in [9.17, 15) is 3.44 Å². The predicted octanol–water partition coefficient (Wildman–Crippen LogP) is 1.89. The third kappa shape index (κ3) is 3.59. The van der Waals surface area contributed by atoms with Gasteiger partial charge in [-0.05, 0) is 0 Å². The Morgan fingerprint density at radius 2 is 1.92 bits per heavy atom. The van der Waals surface area contributed by atoms with Gasteiger partial charge in [0.05, 0.1) is 0 Å². The van der Waals surface area contributed by atoms with E-state index >= 15 is 0 Å². The van der Waals surface area contributed by atoms with Gasteiger partial charge in [-0.15, -0.1) is 0 Å². The molecule has 0 aliphatic rings. The summed E-state index contributed by atoms with van der Waals surface area (Å²) in [7, 11) is 0. The van der Waals surface area contributed by atoms with Gasteiger partial charge in [-0.3, -0.25) is 0 Å². The van der Waals surface area contributed by atoms with Crippen LogP contribution in [0.2, 0.25) is 4.44 Å². The third-order valence-corrected chi connectivity index (χ3v) is 8.18. The quantitative estimate of drug-likeness (QED) is 0.829. The fraction of sp³-hybridized carbons (Fsp3) is 0.400. The molecule has 1 nitrogen and oxygen atoms in total. The maximum atomic E-state index is 9.71. The van der Waals surface area contributed by atoms with E-state index in [2.05, 4.69) is 19.1 Å². The second-order valence-corrected chi connectivity index (χ2v) is 9.68. The Bertz CT molecular complexity index is 210. The van der Waals surface area contributed by atoms with Crippen molar-refractivity contribution in [2.45, 2.75) is 22.2 Å². The molecule has 1 atom stereocenters. The SMILES string of the molecule is CC[CH2][SnH]([OH])[CH2]c1ccccc1. The van der Waals surface area contributed by atoms with Crippen LogP contribution in [0.1, 0.15) is 18.9 Å². The Morgan fingerprint density at radius 3 is 2.50 bits per heavy atom. The van der Waals surface area contributed by atoms with Gasteiger partial charge in [0.15, 0.2) is 0 Å². The molecule has 1 N–H and O–H groups in total. The zero-order chi connectivity index (χ0) is 8.81. The zero-order valence-corrected chi connectivity index (χ0v) is 10.8. The second-order valence-electron chi connectivity index (χ2n) is 3.13. The van der Waals surface area contributed by atoms with Crippen molar-refractivity contribution in [1.82, 2.24) is 0 Å². The monoisotopic (exact) mass is 272 g/mol. The molecule has 0 saturated carbocycles. The van der Waals surface area contributed by atoms with Crippen LogP contribution in [0.15, 0.2) is 30.3 Å². The van der Waals surface area contributed by atoms with Crippen molar-refractivity contribution < 1.29 is 3.44 Å². The molecule has 0 heterocycles. The van der Waals surface area contributed by atoms with Gasteiger partial charge in [0.2, 0.25) is 0 Å². The molecule has 0 aromatic heterocycles. The average molecular weight is 271 g/mol. The molecule has 1 rings (SSSR count). The summed E-state index contributed by atoms with van der Waals surface area (Å²) >= 11 is -2.07. The van der Waals surface area contributed by atoms with Crippen molar-refractivity contribution in [1.29, 1.82) is 0 Å². The normalized spacial score (nSPS) is 12.8. The van der Waals surface area contributed by atoms with Gasteiger partial charge >= 0.3 is 81.7 Å². The van der Waals surface area contributed by atoms with E-state index < -0.39 is 20.2 Å². The second kappa shape index (κ2) is 5.59. The van der Waals surface area contributed by atoms with Gasteiger partial charge < -0.3 is 0 Å². The standard InChI is InChI=1S/C7H7.C3H7.H2O.Sn.H/c1-7-5-3-2-4-6-7;1-3-2;;;/h2-6H,1H2;1,3H2,2H3;1H2;;/q;;;+1;/p-1. The topological polar surface area (TPSA) is 20.2 Å². The molecule has 0 saturated heterocycles. The van der Waals surface area contributed by atoms with Gasteiger partial charge in [-0.1, -0.05) is 0 Å². The molecule has 0 radical (unpaired) electrons. The Kier molecular flexibility index (Phi) is 4.69. The number of hydrogen-bond acceptors (Lipinski definition) is 1. The Balaban J connectivity index is 2.41. The molecule has 1 aromatic carbocycles. The summed E-state index contributed by atoms with van der Waals surface area (Å²) < 4.78 is 11.8. The molecule has 0 aliphatic carbocycles. The fourth-order valence-corrected chi connectivity index (χ4v) is 6.14. The maximum absolute atomic E-state index is 9.71. The summed E-state index contributed by atoms with van der Waals surface area (Å²) in [5, 5.41) is 0. The first-order valence-electron chi connectivity index (χ1n) is 4.55. The average Bonchev–Trinajstić information content (AvgIpc) is 2.06. The van der Waals surface area contributed by atoms with Gasteiger partial charge in [0.1, 0.15) is 0 Å². The molecule has 0 aliphatic heterocycles.